The summed E-state index contributed by atoms with van der Waals surface area (Å²) in [4.78, 5) is 3.98. The van der Waals surface area contributed by atoms with Crippen molar-refractivity contribution in [1.29, 1.82) is 0 Å². The Balaban J connectivity index is 0.837. The van der Waals surface area contributed by atoms with Crippen LogP contribution in [0.4, 0.5) is 17.1 Å². The summed E-state index contributed by atoms with van der Waals surface area (Å²) in [6.07, 6.45) is 2.01. The second-order valence-electron chi connectivity index (χ2n) is 15.5. The first-order valence-electron chi connectivity index (χ1n) is 21.0. The number of nitrogens with zero attached hydrogens (tertiary/aromatic N) is 4. The molecule has 0 fully saturated rings. The van der Waals surface area contributed by atoms with E-state index in [4.69, 9.17) is 0 Å². The zero-order valence-electron chi connectivity index (χ0n) is 33.8. The lowest BCUT2D eigenvalue weighted by Gasteiger charge is -2.25. The molecule has 0 radical (unpaired) electrons. The minimum absolute atomic E-state index is 0.300. The van der Waals surface area contributed by atoms with Gasteiger partial charge in [0.15, 0.2) is 0 Å². The third kappa shape index (κ3) is 8.25. The largest absolute Gasteiger partial charge is 0.311 e. The number of rotatable bonds is 12. The molecule has 0 spiro atoms. The van der Waals surface area contributed by atoms with Crippen LogP contribution in [0.3, 0.4) is 0 Å². The normalized spacial score (nSPS) is 11.7. The fraction of sp³-hybridized carbons (Fsp3) is 0.0526. The van der Waals surface area contributed by atoms with Crippen LogP contribution in [0.15, 0.2) is 237 Å². The van der Waals surface area contributed by atoms with E-state index in [1.165, 1.54) is 50.1 Å². The molecule has 10 rings (SSSR count). The molecular weight excluding hydrogens is 741 g/mol. The number of aryl methyl sites for hydroxylation is 1. The van der Waals surface area contributed by atoms with Crippen LogP contribution in [-0.2, 0) is 6.42 Å². The predicted molar refractivity (Wildman–Crippen MR) is 253 cm³/mol. The molecule has 61 heavy (non-hydrogen) atoms. The topological polar surface area (TPSA) is 34.0 Å². The van der Waals surface area contributed by atoms with E-state index in [0.717, 1.165) is 46.6 Å². The van der Waals surface area contributed by atoms with Crippen molar-refractivity contribution in [3.05, 3.63) is 253 Å². The molecule has 292 valence electrons. The Morgan fingerprint density at radius 1 is 0.344 bits per heavy atom. The number of hydrogen-bond donors (Lipinski definition) is 0. The highest BCUT2D eigenvalue weighted by Gasteiger charge is 2.16. The molecule has 0 aliphatic carbocycles. The van der Waals surface area contributed by atoms with Crippen molar-refractivity contribution in [3.63, 3.8) is 0 Å². The highest BCUT2D eigenvalue weighted by molar-refractivity contribution is 5.79. The molecule has 1 atom stereocenters. The maximum Gasteiger partial charge on any atom is 0.113 e. The molecule has 0 N–H and O–H groups in total. The molecule has 1 unspecified atom stereocenters. The predicted octanol–water partition coefficient (Wildman–Crippen LogP) is 14.7. The molecule has 0 saturated carbocycles. The summed E-state index contributed by atoms with van der Waals surface area (Å²) in [5.41, 5.74) is 17.3. The molecule has 0 bridgehead atoms. The third-order valence-electron chi connectivity index (χ3n) is 11.6. The molecule has 0 saturated heterocycles. The summed E-state index contributed by atoms with van der Waals surface area (Å²) in [6, 6.07) is 84.4. The first kappa shape index (κ1) is 37.5. The smallest absolute Gasteiger partial charge is 0.113 e. The standard InChI is InChI=1S/C57H44N4/c1-4-12-43(13-5-1)45-25-27-46(28-26-45)47-29-31-50(32-30-47)55(49-14-6-2-7-15-49)41-22-42-20-23-44(24-21-42)48-33-35-52(36-34-48)60(51-16-8-3-9-17-51)53-37-39-54(40-38-53)61-58-56-18-10-11-19-57(56)59-61/h1-21,23-40,55H,22,41H2. The first-order chi connectivity index (χ1) is 30.2. The second kappa shape index (κ2) is 17.2. The first-order valence-corrected chi connectivity index (χ1v) is 21.0. The van der Waals surface area contributed by atoms with Gasteiger partial charge in [-0.25, -0.2) is 0 Å². The van der Waals surface area contributed by atoms with E-state index in [1.54, 1.807) is 4.80 Å². The van der Waals surface area contributed by atoms with Gasteiger partial charge in [0.2, 0.25) is 0 Å². The molecule has 0 amide bonds. The lowest BCUT2D eigenvalue weighted by Crippen LogP contribution is -2.10. The van der Waals surface area contributed by atoms with Crippen molar-refractivity contribution >= 4 is 28.1 Å². The zero-order chi connectivity index (χ0) is 40.8. The maximum absolute atomic E-state index is 4.67. The van der Waals surface area contributed by atoms with Crippen LogP contribution in [0, 0.1) is 0 Å². The van der Waals surface area contributed by atoms with E-state index in [2.05, 4.69) is 227 Å². The highest BCUT2D eigenvalue weighted by Crippen LogP contribution is 2.37. The van der Waals surface area contributed by atoms with Gasteiger partial charge in [-0.15, -0.1) is 10.2 Å². The van der Waals surface area contributed by atoms with Crippen LogP contribution >= 0.6 is 0 Å². The van der Waals surface area contributed by atoms with Crippen LogP contribution in [0.25, 0.3) is 50.1 Å². The van der Waals surface area contributed by atoms with E-state index in [0.29, 0.717) is 5.92 Å². The number of benzene rings is 9. The van der Waals surface area contributed by atoms with Crippen molar-refractivity contribution in [3.8, 4) is 39.1 Å². The summed E-state index contributed by atoms with van der Waals surface area (Å²) in [5.74, 6) is 0.300. The third-order valence-corrected chi connectivity index (χ3v) is 11.6. The Hall–Kier alpha value is -7.82. The fourth-order valence-electron chi connectivity index (χ4n) is 8.32. The van der Waals surface area contributed by atoms with Crippen LogP contribution in [0.1, 0.15) is 29.0 Å². The van der Waals surface area contributed by atoms with Gasteiger partial charge in [-0.2, -0.15) is 4.80 Å². The van der Waals surface area contributed by atoms with Crippen LogP contribution in [0.5, 0.6) is 0 Å². The second-order valence-corrected chi connectivity index (χ2v) is 15.5. The lowest BCUT2D eigenvalue weighted by atomic mass is 9.85. The highest BCUT2D eigenvalue weighted by atomic mass is 15.5. The summed E-state index contributed by atoms with van der Waals surface area (Å²) < 4.78 is 0. The quantitative estimate of drug-likeness (QED) is 0.124. The number of anilines is 3. The number of aromatic nitrogens is 3. The van der Waals surface area contributed by atoms with E-state index >= 15 is 0 Å². The molecular formula is C57H44N4. The maximum atomic E-state index is 4.67. The average molecular weight is 785 g/mol. The van der Waals surface area contributed by atoms with E-state index in [-0.39, 0.29) is 0 Å². The van der Waals surface area contributed by atoms with Gasteiger partial charge >= 0.3 is 0 Å². The van der Waals surface area contributed by atoms with E-state index < -0.39 is 0 Å². The van der Waals surface area contributed by atoms with Gasteiger partial charge < -0.3 is 4.90 Å². The summed E-state index contributed by atoms with van der Waals surface area (Å²) in [6.45, 7) is 0. The average Bonchev–Trinajstić information content (AvgIpc) is 3.78. The van der Waals surface area contributed by atoms with Gasteiger partial charge in [-0.1, -0.05) is 176 Å². The van der Waals surface area contributed by atoms with Gasteiger partial charge in [0.05, 0.1) is 5.69 Å². The van der Waals surface area contributed by atoms with Crippen LogP contribution in [0.2, 0.25) is 0 Å². The molecule has 1 aromatic heterocycles. The summed E-state index contributed by atoms with van der Waals surface area (Å²) in [5, 5.41) is 9.34. The van der Waals surface area contributed by atoms with Gasteiger partial charge in [0.25, 0.3) is 0 Å². The lowest BCUT2D eigenvalue weighted by molar-refractivity contribution is 0.715. The fourth-order valence-corrected chi connectivity index (χ4v) is 8.32. The molecule has 9 aromatic carbocycles. The summed E-state index contributed by atoms with van der Waals surface area (Å²) >= 11 is 0. The van der Waals surface area contributed by atoms with Crippen LogP contribution < -0.4 is 4.90 Å². The molecule has 10 aromatic rings. The van der Waals surface area contributed by atoms with E-state index in [1.807, 2.05) is 24.3 Å². The molecule has 1 heterocycles. The van der Waals surface area contributed by atoms with E-state index in [9.17, 15) is 0 Å². The minimum atomic E-state index is 0.300. The molecule has 4 heteroatoms. The zero-order valence-corrected chi connectivity index (χ0v) is 33.8. The van der Waals surface area contributed by atoms with Gasteiger partial charge in [-0.05, 0) is 124 Å². The number of para-hydroxylation sites is 1. The molecule has 0 aliphatic heterocycles. The van der Waals surface area contributed by atoms with Crippen molar-refractivity contribution in [2.75, 3.05) is 4.90 Å². The SMILES string of the molecule is c1ccc(-c2ccc(-c3ccc(C(CCc4ccc(-c5ccc(N(c6ccccc6)c6ccc(-n7nc8ccccc8n7)cc6)cc5)cc4)c4ccccc4)cc3)cc2)cc1. The summed E-state index contributed by atoms with van der Waals surface area (Å²) in [7, 11) is 0. The number of fused-ring (bicyclic) bond motifs is 1. The van der Waals surface area contributed by atoms with Crippen molar-refractivity contribution in [2.45, 2.75) is 18.8 Å². The Labute approximate surface area is 357 Å². The Morgan fingerprint density at radius 2 is 0.721 bits per heavy atom. The van der Waals surface area contributed by atoms with Crippen molar-refractivity contribution in [2.24, 2.45) is 0 Å². The molecule has 0 aliphatic rings. The van der Waals surface area contributed by atoms with Gasteiger partial charge in [0.1, 0.15) is 11.0 Å². The Bertz CT molecular complexity index is 2930. The number of hydrogen-bond acceptors (Lipinski definition) is 3. The van der Waals surface area contributed by atoms with Crippen molar-refractivity contribution in [1.82, 2.24) is 15.0 Å². The van der Waals surface area contributed by atoms with Crippen LogP contribution in [-0.4, -0.2) is 15.0 Å². The molecule has 4 nitrogen and oxygen atoms in total. The van der Waals surface area contributed by atoms with Crippen molar-refractivity contribution < 1.29 is 0 Å². The van der Waals surface area contributed by atoms with Gasteiger partial charge in [-0.3, -0.25) is 0 Å². The Morgan fingerprint density at radius 3 is 1.26 bits per heavy atom. The Kier molecular flexibility index (Phi) is 10.6. The minimum Gasteiger partial charge on any atom is -0.311 e. The monoisotopic (exact) mass is 784 g/mol. The van der Waals surface area contributed by atoms with Gasteiger partial charge in [0, 0.05) is 23.0 Å².